The molecule has 1 amide bonds. The first-order chi connectivity index (χ1) is 18.0. The van der Waals surface area contributed by atoms with E-state index in [4.69, 9.17) is 20.6 Å². The number of benzene rings is 1. The summed E-state index contributed by atoms with van der Waals surface area (Å²) in [7, 11) is 0. The number of aromatic nitrogens is 3. The third-order valence-corrected chi connectivity index (χ3v) is 7.59. The summed E-state index contributed by atoms with van der Waals surface area (Å²) in [5, 5.41) is 11.7. The molecular weight excluding hydrogens is 464 g/mol. The maximum atomic E-state index is 12.4. The number of carbonyl (C=O) groups is 1. The number of ether oxygens (including phenoxy) is 1. The molecule has 1 saturated heterocycles. The molecule has 1 aliphatic heterocycles. The highest BCUT2D eigenvalue weighted by atomic mass is 16.5. The highest BCUT2D eigenvalue weighted by Crippen LogP contribution is 2.30. The van der Waals surface area contributed by atoms with Crippen molar-refractivity contribution in [2.24, 2.45) is 17.6 Å². The van der Waals surface area contributed by atoms with Crippen LogP contribution in [0.5, 0.6) is 0 Å². The van der Waals surface area contributed by atoms with Crippen LogP contribution in [-0.2, 0) is 4.74 Å². The molecule has 192 valence electrons. The monoisotopic (exact) mass is 498 g/mol. The predicted molar refractivity (Wildman–Crippen MR) is 145 cm³/mol. The number of amides is 1. The number of hydrogen-bond donors (Lipinski definition) is 3. The number of nitrogens with zero attached hydrogens (tertiary/aromatic N) is 3. The molecule has 6 rings (SSSR count). The second kappa shape index (κ2) is 10.1. The third-order valence-electron chi connectivity index (χ3n) is 7.59. The van der Waals surface area contributed by atoms with Gasteiger partial charge in [-0.05, 0) is 61.3 Å². The molecule has 0 spiro atoms. The van der Waals surface area contributed by atoms with Crippen LogP contribution >= 0.6 is 0 Å². The van der Waals surface area contributed by atoms with Crippen molar-refractivity contribution in [1.82, 2.24) is 19.9 Å². The standard InChI is InChI=1S/C29H34N6O2/c1-18-14-22(6-9-24(18)30)25-15-26(31-16-19-10-12-37-13-11-19)28-32-17-27(35(28)34-25)20-2-4-21(5-3-20)29(36)33-23-7-8-23/h2-6,9,14-15,17-19,23-24,31H,7-8,10-13,16,30H2,1H3,(H,33,36). The van der Waals surface area contributed by atoms with Gasteiger partial charge in [0.25, 0.3) is 5.91 Å². The van der Waals surface area contributed by atoms with Crippen molar-refractivity contribution in [2.45, 2.75) is 44.7 Å². The van der Waals surface area contributed by atoms with Gasteiger partial charge in [-0.3, -0.25) is 4.79 Å². The van der Waals surface area contributed by atoms with Crippen LogP contribution < -0.4 is 16.4 Å². The number of nitrogens with two attached hydrogens (primary N) is 1. The Labute approximate surface area is 217 Å². The van der Waals surface area contributed by atoms with Crippen LogP contribution in [0.25, 0.3) is 22.5 Å². The first-order valence-electron chi connectivity index (χ1n) is 13.3. The lowest BCUT2D eigenvalue weighted by Gasteiger charge is -2.23. The summed E-state index contributed by atoms with van der Waals surface area (Å²) in [6.45, 7) is 4.63. The summed E-state index contributed by atoms with van der Waals surface area (Å²) < 4.78 is 7.44. The van der Waals surface area contributed by atoms with Crippen LogP contribution in [0.4, 0.5) is 5.69 Å². The number of imidazole rings is 1. The van der Waals surface area contributed by atoms with Gasteiger partial charge in [0.1, 0.15) is 0 Å². The van der Waals surface area contributed by atoms with Gasteiger partial charge in [0.05, 0.1) is 23.3 Å². The van der Waals surface area contributed by atoms with Crippen molar-refractivity contribution >= 4 is 22.8 Å². The summed E-state index contributed by atoms with van der Waals surface area (Å²) in [4.78, 5) is 17.2. The number of fused-ring (bicyclic) bond motifs is 1. The fourth-order valence-corrected chi connectivity index (χ4v) is 4.94. The Morgan fingerprint density at radius 2 is 1.95 bits per heavy atom. The smallest absolute Gasteiger partial charge is 0.251 e. The fourth-order valence-electron chi connectivity index (χ4n) is 4.94. The largest absolute Gasteiger partial charge is 0.382 e. The average molecular weight is 499 g/mol. The van der Waals surface area contributed by atoms with E-state index in [2.05, 4.69) is 35.8 Å². The zero-order chi connectivity index (χ0) is 25.4. The molecule has 2 aliphatic carbocycles. The average Bonchev–Trinajstić information content (AvgIpc) is 3.64. The zero-order valence-corrected chi connectivity index (χ0v) is 21.2. The minimum atomic E-state index is -0.0180. The van der Waals surface area contributed by atoms with Crippen molar-refractivity contribution in [3.05, 3.63) is 66.0 Å². The predicted octanol–water partition coefficient (Wildman–Crippen LogP) is 4.04. The molecule has 2 aromatic heterocycles. The van der Waals surface area contributed by atoms with Crippen LogP contribution in [0.1, 0.15) is 48.7 Å². The van der Waals surface area contributed by atoms with Crippen molar-refractivity contribution in [1.29, 1.82) is 0 Å². The Bertz CT molecular complexity index is 1350. The Morgan fingerprint density at radius 3 is 2.68 bits per heavy atom. The van der Waals surface area contributed by atoms with Gasteiger partial charge in [0.2, 0.25) is 0 Å². The molecule has 37 heavy (non-hydrogen) atoms. The quantitative estimate of drug-likeness (QED) is 0.454. The van der Waals surface area contributed by atoms with Crippen LogP contribution in [-0.4, -0.2) is 52.3 Å². The maximum absolute atomic E-state index is 12.4. The molecule has 1 aromatic carbocycles. The summed E-state index contributed by atoms with van der Waals surface area (Å²) in [6, 6.07) is 10.1. The van der Waals surface area contributed by atoms with Crippen molar-refractivity contribution < 1.29 is 9.53 Å². The first-order valence-corrected chi connectivity index (χ1v) is 13.3. The van der Waals surface area contributed by atoms with E-state index < -0.39 is 0 Å². The molecule has 4 N–H and O–H groups in total. The summed E-state index contributed by atoms with van der Waals surface area (Å²) in [6.07, 6.45) is 12.4. The molecule has 3 aromatic rings. The molecule has 1 saturated carbocycles. The molecule has 2 fully saturated rings. The molecule has 2 atom stereocenters. The molecular formula is C29H34N6O2. The highest BCUT2D eigenvalue weighted by molar-refractivity contribution is 5.95. The second-order valence-electron chi connectivity index (χ2n) is 10.5. The lowest BCUT2D eigenvalue weighted by atomic mass is 9.92. The zero-order valence-electron chi connectivity index (χ0n) is 21.2. The molecule has 8 nitrogen and oxygen atoms in total. The Morgan fingerprint density at radius 1 is 1.16 bits per heavy atom. The number of hydrogen-bond acceptors (Lipinski definition) is 6. The molecule has 2 unspecified atom stereocenters. The first kappa shape index (κ1) is 23.9. The lowest BCUT2D eigenvalue weighted by Crippen LogP contribution is -2.26. The van der Waals surface area contributed by atoms with E-state index in [1.807, 2.05) is 41.1 Å². The second-order valence-corrected chi connectivity index (χ2v) is 10.5. The van der Waals surface area contributed by atoms with E-state index in [9.17, 15) is 4.79 Å². The van der Waals surface area contributed by atoms with E-state index in [-0.39, 0.29) is 17.9 Å². The van der Waals surface area contributed by atoms with Crippen LogP contribution in [0, 0.1) is 11.8 Å². The van der Waals surface area contributed by atoms with Crippen LogP contribution in [0.15, 0.2) is 54.8 Å². The number of nitrogens with one attached hydrogen (secondary N) is 2. The van der Waals surface area contributed by atoms with E-state index in [1.54, 1.807) is 0 Å². The Hall–Kier alpha value is -3.49. The van der Waals surface area contributed by atoms with Crippen LogP contribution in [0.3, 0.4) is 0 Å². The molecule has 0 radical (unpaired) electrons. The van der Waals surface area contributed by atoms with Crippen molar-refractivity contribution in [2.75, 3.05) is 25.1 Å². The van der Waals surface area contributed by atoms with E-state index in [0.29, 0.717) is 17.5 Å². The summed E-state index contributed by atoms with van der Waals surface area (Å²) in [5.41, 5.74) is 12.4. The minimum Gasteiger partial charge on any atom is -0.382 e. The van der Waals surface area contributed by atoms with Gasteiger partial charge in [0.15, 0.2) is 5.65 Å². The van der Waals surface area contributed by atoms with E-state index in [1.165, 1.54) is 0 Å². The van der Waals surface area contributed by atoms with Gasteiger partial charge >= 0.3 is 0 Å². The third kappa shape index (κ3) is 5.17. The van der Waals surface area contributed by atoms with Gasteiger partial charge in [0, 0.05) is 43.0 Å². The van der Waals surface area contributed by atoms with E-state index in [0.717, 1.165) is 79.3 Å². The molecule has 0 bridgehead atoms. The highest BCUT2D eigenvalue weighted by Gasteiger charge is 2.24. The van der Waals surface area contributed by atoms with Gasteiger partial charge in [-0.1, -0.05) is 37.3 Å². The molecule has 3 heterocycles. The van der Waals surface area contributed by atoms with Gasteiger partial charge in [-0.15, -0.1) is 0 Å². The fraction of sp³-hybridized carbons (Fsp3) is 0.414. The van der Waals surface area contributed by atoms with Gasteiger partial charge < -0.3 is 21.1 Å². The summed E-state index contributed by atoms with van der Waals surface area (Å²) in [5.74, 6) is 0.782. The molecule has 3 aliphatic rings. The number of anilines is 1. The van der Waals surface area contributed by atoms with Gasteiger partial charge in [-0.2, -0.15) is 5.10 Å². The van der Waals surface area contributed by atoms with Gasteiger partial charge in [-0.25, -0.2) is 9.50 Å². The number of allylic oxidation sites excluding steroid dienone is 2. The number of carbonyl (C=O) groups excluding carboxylic acids is 1. The van der Waals surface area contributed by atoms with E-state index >= 15 is 0 Å². The Balaban J connectivity index is 1.35. The Kier molecular flexibility index (Phi) is 6.52. The molecule has 8 heteroatoms. The summed E-state index contributed by atoms with van der Waals surface area (Å²) >= 11 is 0. The minimum absolute atomic E-state index is 0.0121. The maximum Gasteiger partial charge on any atom is 0.251 e. The number of rotatable bonds is 7. The van der Waals surface area contributed by atoms with Crippen molar-refractivity contribution in [3.8, 4) is 11.3 Å². The van der Waals surface area contributed by atoms with Crippen LogP contribution in [0.2, 0.25) is 0 Å². The normalized spacial score (nSPS) is 22.2. The lowest BCUT2D eigenvalue weighted by molar-refractivity contribution is 0.0699. The van der Waals surface area contributed by atoms with Crippen molar-refractivity contribution in [3.63, 3.8) is 0 Å². The topological polar surface area (TPSA) is 107 Å². The SMILES string of the molecule is CC1C=C(c2cc(NCC3CCOCC3)c3ncc(-c4ccc(C(=O)NC5CC5)cc4)n3n2)C=CC1N.